The van der Waals surface area contributed by atoms with Gasteiger partial charge >= 0.3 is 0 Å². The number of hydrogen-bond donors (Lipinski definition) is 1. The minimum absolute atomic E-state index is 0.381. The van der Waals surface area contributed by atoms with Gasteiger partial charge in [0, 0.05) is 29.2 Å². The number of rotatable bonds is 4. The zero-order chi connectivity index (χ0) is 14.7. The topological polar surface area (TPSA) is 77.8 Å². The van der Waals surface area contributed by atoms with E-state index in [-0.39, 0.29) is 0 Å². The Morgan fingerprint density at radius 1 is 1.19 bits per heavy atom. The van der Waals surface area contributed by atoms with Gasteiger partial charge in [-0.2, -0.15) is 4.98 Å². The van der Waals surface area contributed by atoms with Crippen LogP contribution >= 0.6 is 15.9 Å². The monoisotopic (exact) mass is 344 g/mol. The van der Waals surface area contributed by atoms with Gasteiger partial charge in [-0.25, -0.2) is 0 Å². The fourth-order valence-electron chi connectivity index (χ4n) is 1.98. The zero-order valence-electron chi connectivity index (χ0n) is 11.2. The Bertz CT molecular complexity index is 757. The molecule has 0 bridgehead atoms. The SMILES string of the molecule is NCc1cc(-c2nc(Cc3ccccc3Br)no2)ccn1. The fourth-order valence-corrected chi connectivity index (χ4v) is 2.40. The molecule has 2 aromatic heterocycles. The van der Waals surface area contributed by atoms with Gasteiger partial charge in [0.1, 0.15) is 0 Å². The first-order chi connectivity index (χ1) is 10.3. The molecule has 6 heteroatoms. The van der Waals surface area contributed by atoms with Gasteiger partial charge in [0.25, 0.3) is 5.89 Å². The summed E-state index contributed by atoms with van der Waals surface area (Å²) in [6.45, 7) is 0.381. The average molecular weight is 345 g/mol. The molecule has 2 N–H and O–H groups in total. The molecule has 5 nitrogen and oxygen atoms in total. The Kier molecular flexibility index (Phi) is 4.08. The summed E-state index contributed by atoms with van der Waals surface area (Å²) in [5, 5.41) is 4.03. The van der Waals surface area contributed by atoms with Gasteiger partial charge in [-0.15, -0.1) is 0 Å². The molecule has 0 unspecified atom stereocenters. The average Bonchev–Trinajstić information content (AvgIpc) is 2.98. The van der Waals surface area contributed by atoms with E-state index in [0.29, 0.717) is 24.7 Å². The highest BCUT2D eigenvalue weighted by Crippen LogP contribution is 2.21. The molecule has 0 aliphatic heterocycles. The Morgan fingerprint density at radius 3 is 2.86 bits per heavy atom. The third-order valence-corrected chi connectivity index (χ3v) is 3.82. The molecule has 3 aromatic rings. The number of aromatic nitrogens is 3. The van der Waals surface area contributed by atoms with Crippen molar-refractivity contribution in [2.24, 2.45) is 5.73 Å². The van der Waals surface area contributed by atoms with Gasteiger partial charge in [-0.05, 0) is 23.8 Å². The van der Waals surface area contributed by atoms with Crippen LogP contribution in [0.5, 0.6) is 0 Å². The van der Waals surface area contributed by atoms with E-state index >= 15 is 0 Å². The molecular formula is C15H13BrN4O. The summed E-state index contributed by atoms with van der Waals surface area (Å²) in [6, 6.07) is 11.7. The van der Waals surface area contributed by atoms with Crippen LogP contribution in [0, 0.1) is 0 Å². The zero-order valence-corrected chi connectivity index (χ0v) is 12.7. The second kappa shape index (κ2) is 6.15. The quantitative estimate of drug-likeness (QED) is 0.787. The Balaban J connectivity index is 1.85. The molecule has 0 fully saturated rings. The lowest BCUT2D eigenvalue weighted by molar-refractivity contribution is 0.424. The van der Waals surface area contributed by atoms with Gasteiger partial charge < -0.3 is 10.3 Å². The van der Waals surface area contributed by atoms with Gasteiger partial charge in [0.05, 0.1) is 5.69 Å². The van der Waals surface area contributed by atoms with Gasteiger partial charge in [0.2, 0.25) is 0 Å². The highest BCUT2D eigenvalue weighted by atomic mass is 79.9. The van der Waals surface area contributed by atoms with Crippen molar-refractivity contribution in [1.29, 1.82) is 0 Å². The largest absolute Gasteiger partial charge is 0.334 e. The van der Waals surface area contributed by atoms with E-state index in [9.17, 15) is 0 Å². The molecule has 0 radical (unpaired) electrons. The number of nitrogens with two attached hydrogens (primary N) is 1. The predicted octanol–water partition coefficient (Wildman–Crippen LogP) is 2.94. The van der Waals surface area contributed by atoms with Crippen LogP contribution < -0.4 is 5.73 Å². The van der Waals surface area contributed by atoms with Crippen molar-refractivity contribution in [3.8, 4) is 11.5 Å². The van der Waals surface area contributed by atoms with Crippen LogP contribution in [0.15, 0.2) is 51.6 Å². The van der Waals surface area contributed by atoms with Crippen LogP contribution in [0.3, 0.4) is 0 Å². The van der Waals surface area contributed by atoms with Crippen molar-refractivity contribution in [2.45, 2.75) is 13.0 Å². The molecule has 0 amide bonds. The molecule has 0 aliphatic rings. The third kappa shape index (κ3) is 3.17. The molecule has 2 heterocycles. The highest BCUT2D eigenvalue weighted by molar-refractivity contribution is 9.10. The predicted molar refractivity (Wildman–Crippen MR) is 82.4 cm³/mol. The number of benzene rings is 1. The first-order valence-electron chi connectivity index (χ1n) is 6.47. The van der Waals surface area contributed by atoms with E-state index in [1.54, 1.807) is 6.20 Å². The molecule has 0 saturated carbocycles. The maximum Gasteiger partial charge on any atom is 0.258 e. The maximum absolute atomic E-state index is 5.59. The molecule has 3 rings (SSSR count). The van der Waals surface area contributed by atoms with E-state index in [0.717, 1.165) is 21.3 Å². The normalized spacial score (nSPS) is 10.8. The lowest BCUT2D eigenvalue weighted by atomic mass is 10.1. The van der Waals surface area contributed by atoms with Crippen molar-refractivity contribution in [1.82, 2.24) is 15.1 Å². The molecular weight excluding hydrogens is 332 g/mol. The smallest absolute Gasteiger partial charge is 0.258 e. The minimum Gasteiger partial charge on any atom is -0.334 e. The van der Waals surface area contributed by atoms with Crippen LogP contribution in [0.2, 0.25) is 0 Å². The summed E-state index contributed by atoms with van der Waals surface area (Å²) in [6.07, 6.45) is 2.30. The summed E-state index contributed by atoms with van der Waals surface area (Å²) in [5.41, 5.74) is 8.32. The van der Waals surface area contributed by atoms with Crippen molar-refractivity contribution >= 4 is 15.9 Å². The lowest BCUT2D eigenvalue weighted by Gasteiger charge is -1.99. The van der Waals surface area contributed by atoms with Crippen molar-refractivity contribution < 1.29 is 4.52 Å². The van der Waals surface area contributed by atoms with E-state index in [1.165, 1.54) is 0 Å². The van der Waals surface area contributed by atoms with Crippen LogP contribution in [0.1, 0.15) is 17.1 Å². The summed E-state index contributed by atoms with van der Waals surface area (Å²) in [4.78, 5) is 8.57. The first kappa shape index (κ1) is 13.9. The van der Waals surface area contributed by atoms with E-state index < -0.39 is 0 Å². The van der Waals surface area contributed by atoms with E-state index in [1.807, 2.05) is 36.4 Å². The van der Waals surface area contributed by atoms with E-state index in [2.05, 4.69) is 31.1 Å². The third-order valence-electron chi connectivity index (χ3n) is 3.05. The molecule has 0 spiro atoms. The molecule has 106 valence electrons. The Labute approximate surface area is 130 Å². The van der Waals surface area contributed by atoms with Crippen LogP contribution in [-0.2, 0) is 13.0 Å². The van der Waals surface area contributed by atoms with Gasteiger partial charge in [-0.3, -0.25) is 4.98 Å². The van der Waals surface area contributed by atoms with Crippen LogP contribution in [0.4, 0.5) is 0 Å². The van der Waals surface area contributed by atoms with Crippen LogP contribution in [-0.4, -0.2) is 15.1 Å². The number of halogens is 1. The summed E-state index contributed by atoms with van der Waals surface area (Å²) in [7, 11) is 0. The maximum atomic E-state index is 5.59. The second-order valence-electron chi connectivity index (χ2n) is 4.52. The minimum atomic E-state index is 0.381. The molecule has 0 saturated heterocycles. The van der Waals surface area contributed by atoms with Gasteiger partial charge in [0.15, 0.2) is 5.82 Å². The van der Waals surface area contributed by atoms with Gasteiger partial charge in [-0.1, -0.05) is 39.3 Å². The standard InChI is InChI=1S/C15H13BrN4O/c16-13-4-2-1-3-10(13)8-14-19-15(21-20-14)11-5-6-18-12(7-11)9-17/h1-7H,8-9,17H2. The highest BCUT2D eigenvalue weighted by Gasteiger charge is 2.11. The summed E-state index contributed by atoms with van der Waals surface area (Å²) in [5.74, 6) is 1.12. The number of nitrogens with zero attached hydrogens (tertiary/aromatic N) is 3. The summed E-state index contributed by atoms with van der Waals surface area (Å²) >= 11 is 3.52. The fraction of sp³-hybridized carbons (Fsp3) is 0.133. The van der Waals surface area contributed by atoms with E-state index in [4.69, 9.17) is 10.3 Å². The van der Waals surface area contributed by atoms with Crippen molar-refractivity contribution in [3.05, 3.63) is 64.1 Å². The molecule has 0 atom stereocenters. The Morgan fingerprint density at radius 2 is 2.05 bits per heavy atom. The van der Waals surface area contributed by atoms with Crippen molar-refractivity contribution in [2.75, 3.05) is 0 Å². The molecule has 21 heavy (non-hydrogen) atoms. The lowest BCUT2D eigenvalue weighted by Crippen LogP contribution is -1.99. The molecule has 0 aliphatic carbocycles. The number of pyridine rings is 1. The first-order valence-corrected chi connectivity index (χ1v) is 7.27. The summed E-state index contributed by atoms with van der Waals surface area (Å²) < 4.78 is 6.35. The van der Waals surface area contributed by atoms with Crippen molar-refractivity contribution in [3.63, 3.8) is 0 Å². The number of hydrogen-bond acceptors (Lipinski definition) is 5. The second-order valence-corrected chi connectivity index (χ2v) is 5.38. The van der Waals surface area contributed by atoms with Crippen LogP contribution in [0.25, 0.3) is 11.5 Å². The molecule has 1 aromatic carbocycles. The Hall–Kier alpha value is -2.05.